The van der Waals surface area contributed by atoms with Gasteiger partial charge < -0.3 is 9.73 Å². The van der Waals surface area contributed by atoms with Gasteiger partial charge in [-0.15, -0.1) is 0 Å². The third-order valence-electron chi connectivity index (χ3n) is 3.71. The van der Waals surface area contributed by atoms with E-state index in [9.17, 15) is 8.42 Å². The van der Waals surface area contributed by atoms with Crippen LogP contribution in [0.25, 0.3) is 0 Å². The van der Waals surface area contributed by atoms with Gasteiger partial charge in [0.15, 0.2) is 0 Å². The molecule has 1 aliphatic heterocycles. The fourth-order valence-electron chi connectivity index (χ4n) is 2.52. The summed E-state index contributed by atoms with van der Waals surface area (Å²) in [6, 6.07) is 8.89. The molecule has 0 unspecified atom stereocenters. The average molecular weight is 306 g/mol. The maximum absolute atomic E-state index is 12.8. The highest BCUT2D eigenvalue weighted by molar-refractivity contribution is 7.89. The highest BCUT2D eigenvalue weighted by atomic mass is 32.2. The zero-order valence-electron chi connectivity index (χ0n) is 11.9. The Morgan fingerprint density at radius 1 is 1.24 bits per heavy atom. The van der Waals surface area contributed by atoms with E-state index in [0.717, 1.165) is 18.7 Å². The number of benzene rings is 1. The molecule has 1 aliphatic rings. The van der Waals surface area contributed by atoms with E-state index >= 15 is 0 Å². The molecule has 2 heterocycles. The third kappa shape index (κ3) is 2.74. The first-order chi connectivity index (χ1) is 10.1. The Morgan fingerprint density at radius 2 is 2.05 bits per heavy atom. The van der Waals surface area contributed by atoms with Crippen molar-refractivity contribution in [2.75, 3.05) is 6.54 Å². The molecule has 0 saturated heterocycles. The number of sulfonamides is 1. The van der Waals surface area contributed by atoms with Crippen LogP contribution in [-0.2, 0) is 29.7 Å². The van der Waals surface area contributed by atoms with Gasteiger partial charge in [-0.2, -0.15) is 4.31 Å². The lowest BCUT2D eigenvalue weighted by atomic mass is 10.1. The van der Waals surface area contributed by atoms with Crippen molar-refractivity contribution in [1.82, 2.24) is 9.62 Å². The van der Waals surface area contributed by atoms with E-state index in [4.69, 9.17) is 4.42 Å². The molecule has 2 aromatic rings. The predicted octanol–water partition coefficient (Wildman–Crippen LogP) is 2.09. The average Bonchev–Trinajstić information content (AvgIpc) is 3.14. The van der Waals surface area contributed by atoms with Gasteiger partial charge in [-0.25, -0.2) is 8.42 Å². The summed E-state index contributed by atoms with van der Waals surface area (Å²) < 4.78 is 32.2. The minimum atomic E-state index is -3.50. The molecule has 0 atom stereocenters. The summed E-state index contributed by atoms with van der Waals surface area (Å²) in [4.78, 5) is 0.346. The number of hydrogen-bond acceptors (Lipinski definition) is 4. The number of furan rings is 1. The Balaban J connectivity index is 1.91. The van der Waals surface area contributed by atoms with E-state index in [2.05, 4.69) is 5.32 Å². The molecule has 5 nitrogen and oxygen atoms in total. The number of fused-ring (bicyclic) bond motifs is 1. The number of nitrogens with zero attached hydrogens (tertiary/aromatic N) is 1. The van der Waals surface area contributed by atoms with Gasteiger partial charge in [0, 0.05) is 19.6 Å². The smallest absolute Gasteiger partial charge is 0.243 e. The number of hydrogen-bond donors (Lipinski definition) is 1. The van der Waals surface area contributed by atoms with Crippen LogP contribution in [0.3, 0.4) is 0 Å². The maximum atomic E-state index is 12.8. The van der Waals surface area contributed by atoms with Crippen molar-refractivity contribution in [2.24, 2.45) is 0 Å². The molecule has 112 valence electrons. The fourth-order valence-corrected chi connectivity index (χ4v) is 3.99. The van der Waals surface area contributed by atoms with Gasteiger partial charge in [0.05, 0.1) is 17.7 Å². The van der Waals surface area contributed by atoms with E-state index < -0.39 is 10.0 Å². The van der Waals surface area contributed by atoms with Crippen molar-refractivity contribution in [3.05, 3.63) is 53.5 Å². The van der Waals surface area contributed by atoms with E-state index in [1.165, 1.54) is 9.87 Å². The van der Waals surface area contributed by atoms with E-state index in [0.29, 0.717) is 17.2 Å². The molecule has 1 aromatic heterocycles. The van der Waals surface area contributed by atoms with E-state index in [-0.39, 0.29) is 6.54 Å². The molecule has 0 aliphatic carbocycles. The van der Waals surface area contributed by atoms with Crippen molar-refractivity contribution in [3.8, 4) is 0 Å². The minimum Gasteiger partial charge on any atom is -0.468 e. The first kappa shape index (κ1) is 14.3. The van der Waals surface area contributed by atoms with Gasteiger partial charge >= 0.3 is 0 Å². The van der Waals surface area contributed by atoms with Crippen molar-refractivity contribution >= 4 is 10.0 Å². The molecule has 0 saturated carbocycles. The lowest BCUT2D eigenvalue weighted by Crippen LogP contribution is -2.30. The fraction of sp³-hybridized carbons (Fsp3) is 0.333. The largest absolute Gasteiger partial charge is 0.468 e. The Labute approximate surface area is 124 Å². The highest BCUT2D eigenvalue weighted by Crippen LogP contribution is 2.23. The molecular weight excluding hydrogens is 288 g/mol. The molecule has 1 N–H and O–H groups in total. The minimum absolute atomic E-state index is 0.251. The van der Waals surface area contributed by atoms with Crippen LogP contribution in [0.4, 0.5) is 0 Å². The first-order valence-corrected chi connectivity index (χ1v) is 8.40. The van der Waals surface area contributed by atoms with Crippen LogP contribution in [0, 0.1) is 0 Å². The molecule has 3 rings (SSSR count). The molecule has 0 spiro atoms. The van der Waals surface area contributed by atoms with E-state index in [1.54, 1.807) is 30.5 Å². The summed E-state index contributed by atoms with van der Waals surface area (Å²) in [6.07, 6.45) is 1.55. The molecule has 1 aromatic carbocycles. The van der Waals surface area contributed by atoms with Crippen molar-refractivity contribution in [1.29, 1.82) is 0 Å². The first-order valence-electron chi connectivity index (χ1n) is 6.96. The molecule has 6 heteroatoms. The second-order valence-corrected chi connectivity index (χ2v) is 6.98. The molecular formula is C15H18N2O3S. The van der Waals surface area contributed by atoms with Gasteiger partial charge in [0.2, 0.25) is 10.0 Å². The predicted molar refractivity (Wildman–Crippen MR) is 79.0 cm³/mol. The zero-order valence-corrected chi connectivity index (χ0v) is 12.7. The second-order valence-electron chi connectivity index (χ2n) is 5.04. The van der Waals surface area contributed by atoms with Crippen molar-refractivity contribution in [3.63, 3.8) is 0 Å². The van der Waals surface area contributed by atoms with Crippen LogP contribution >= 0.6 is 0 Å². The Kier molecular flexibility index (Phi) is 3.84. The zero-order chi connectivity index (χ0) is 14.9. The van der Waals surface area contributed by atoms with Crippen LogP contribution in [0.1, 0.15) is 23.8 Å². The van der Waals surface area contributed by atoms with E-state index in [1.807, 2.05) is 13.0 Å². The standard InChI is InChI=1S/C15H18N2O3S/c1-2-17(11-14-4-3-7-20-14)21(18,19)15-6-5-12-9-16-10-13(12)8-15/h3-8,16H,2,9-11H2,1H3. The Bertz CT molecular complexity index is 723. The van der Waals surface area contributed by atoms with Crippen LogP contribution in [0.2, 0.25) is 0 Å². The van der Waals surface area contributed by atoms with Gasteiger partial charge in [-0.05, 0) is 35.4 Å². The highest BCUT2D eigenvalue weighted by Gasteiger charge is 2.25. The monoisotopic (exact) mass is 306 g/mol. The normalized spacial score (nSPS) is 14.6. The molecule has 0 bridgehead atoms. The SMILES string of the molecule is CCN(Cc1ccco1)S(=O)(=O)c1ccc2c(c1)CNC2. The quantitative estimate of drug-likeness (QED) is 0.919. The van der Waals surface area contributed by atoms with Crippen LogP contribution in [-0.4, -0.2) is 19.3 Å². The van der Waals surface area contributed by atoms with Crippen molar-refractivity contribution < 1.29 is 12.8 Å². The molecule has 21 heavy (non-hydrogen) atoms. The third-order valence-corrected chi connectivity index (χ3v) is 5.63. The molecule has 0 fully saturated rings. The summed E-state index contributed by atoms with van der Waals surface area (Å²) in [5, 5.41) is 3.22. The topological polar surface area (TPSA) is 62.6 Å². The van der Waals surface area contributed by atoms with Crippen LogP contribution in [0.15, 0.2) is 45.9 Å². The van der Waals surface area contributed by atoms with Gasteiger partial charge in [0.1, 0.15) is 5.76 Å². The van der Waals surface area contributed by atoms with Gasteiger partial charge in [0.25, 0.3) is 0 Å². The molecule has 0 amide bonds. The summed E-state index contributed by atoms with van der Waals surface area (Å²) in [7, 11) is -3.50. The number of nitrogens with one attached hydrogen (secondary N) is 1. The maximum Gasteiger partial charge on any atom is 0.243 e. The summed E-state index contributed by atoms with van der Waals surface area (Å²) in [5.41, 5.74) is 2.23. The molecule has 0 radical (unpaired) electrons. The Morgan fingerprint density at radius 3 is 2.76 bits per heavy atom. The number of rotatable bonds is 5. The Hall–Kier alpha value is -1.63. The second kappa shape index (κ2) is 5.63. The van der Waals surface area contributed by atoms with Gasteiger partial charge in [-0.3, -0.25) is 0 Å². The van der Waals surface area contributed by atoms with Crippen LogP contribution in [0.5, 0.6) is 0 Å². The van der Waals surface area contributed by atoms with Gasteiger partial charge in [-0.1, -0.05) is 13.0 Å². The lowest BCUT2D eigenvalue weighted by molar-refractivity contribution is 0.375. The summed E-state index contributed by atoms with van der Waals surface area (Å²) in [5.74, 6) is 0.642. The van der Waals surface area contributed by atoms with Crippen LogP contribution < -0.4 is 5.32 Å². The van der Waals surface area contributed by atoms with Crippen molar-refractivity contribution in [2.45, 2.75) is 31.5 Å². The lowest BCUT2D eigenvalue weighted by Gasteiger charge is -2.19. The summed E-state index contributed by atoms with van der Waals surface area (Å²) >= 11 is 0. The summed E-state index contributed by atoms with van der Waals surface area (Å²) in [6.45, 7) is 4.01.